The standard InChI is InChI=1S/C56H71Cl2N11O16S/c1-56(2)33-84-17-16-68(56)55(79)51-43-31-85-46-23-45(83-3)41(22-42(46)52(43)69(63-51)40-20-37(57)19-38(58)21-40)36-18-39(26-59-25-36)61-53(77)35-6-4-34(5-7-35)24-60-54(78)44(32-86(80,81)82)62-47(70)27-64-8-10-65(28-48(71)72)12-14-67(30-50(75)76)15-13-66(11-9-64)29-49(73)74/h18-23,25-26,34-35,44H,4-17,24,27-33H2,1-3H3,(H,60,78)(H,61,77)(H,62,70)(H,71,72)(H,73,74)(H,75,76)(H,80,81,82)/t34?,35?,44-/m1/s1. The summed E-state index contributed by atoms with van der Waals surface area (Å²) in [6, 6.07) is 8.64. The van der Waals surface area contributed by atoms with Crippen molar-refractivity contribution in [3.63, 3.8) is 0 Å². The van der Waals surface area contributed by atoms with Gasteiger partial charge in [0.2, 0.25) is 17.7 Å². The van der Waals surface area contributed by atoms with Crippen molar-refractivity contribution in [3.05, 3.63) is 70.1 Å². The fraction of sp³-hybridized carbons (Fsp3) is 0.518. The lowest BCUT2D eigenvalue weighted by Gasteiger charge is -2.41. The van der Waals surface area contributed by atoms with Crippen LogP contribution in [0.4, 0.5) is 5.69 Å². The van der Waals surface area contributed by atoms with Crippen molar-refractivity contribution in [1.82, 2.24) is 49.9 Å². The summed E-state index contributed by atoms with van der Waals surface area (Å²) >= 11 is 13.0. The fourth-order valence-corrected chi connectivity index (χ4v) is 12.3. The molecule has 27 nitrogen and oxygen atoms in total. The van der Waals surface area contributed by atoms with E-state index in [4.69, 9.17) is 42.5 Å². The van der Waals surface area contributed by atoms with E-state index in [2.05, 4.69) is 20.9 Å². The number of fused-ring (bicyclic) bond motifs is 3. The van der Waals surface area contributed by atoms with Crippen LogP contribution in [0.1, 0.15) is 55.6 Å². The van der Waals surface area contributed by atoms with Crippen molar-refractivity contribution < 1.29 is 76.1 Å². The van der Waals surface area contributed by atoms with Gasteiger partial charge in [-0.05, 0) is 75.8 Å². The Bertz CT molecular complexity index is 3250. The minimum atomic E-state index is -4.81. The summed E-state index contributed by atoms with van der Waals surface area (Å²) in [4.78, 5) is 103. The number of aliphatic carboxylic acids is 3. The molecule has 1 saturated carbocycles. The van der Waals surface area contributed by atoms with Crippen molar-refractivity contribution in [3.8, 4) is 39.6 Å². The lowest BCUT2D eigenvalue weighted by atomic mass is 9.81. The number of benzene rings is 2. The van der Waals surface area contributed by atoms with Crippen molar-refractivity contribution in [2.24, 2.45) is 11.8 Å². The lowest BCUT2D eigenvalue weighted by Crippen LogP contribution is -2.55. The Labute approximate surface area is 506 Å². The maximum Gasteiger partial charge on any atom is 0.317 e. The number of ether oxygens (including phenoxy) is 3. The van der Waals surface area contributed by atoms with Gasteiger partial charge in [-0.1, -0.05) is 23.2 Å². The molecule has 7 N–H and O–H groups in total. The van der Waals surface area contributed by atoms with Crippen LogP contribution >= 0.6 is 23.2 Å². The van der Waals surface area contributed by atoms with Crippen LogP contribution in [0.25, 0.3) is 28.1 Å². The molecule has 466 valence electrons. The predicted octanol–water partition coefficient (Wildman–Crippen LogP) is 2.77. The first-order valence-corrected chi connectivity index (χ1v) is 30.4. The zero-order valence-electron chi connectivity index (χ0n) is 47.8. The van der Waals surface area contributed by atoms with E-state index in [1.807, 2.05) is 19.9 Å². The zero-order valence-corrected chi connectivity index (χ0v) is 50.2. The Balaban J connectivity index is 0.904. The van der Waals surface area contributed by atoms with E-state index in [0.29, 0.717) is 106 Å². The van der Waals surface area contributed by atoms with E-state index < -0.39 is 69.6 Å². The number of rotatable bonds is 20. The van der Waals surface area contributed by atoms with Crippen molar-refractivity contribution in [1.29, 1.82) is 0 Å². The number of halogens is 2. The molecular weight excluding hydrogens is 1190 g/mol. The molecule has 4 amide bonds. The van der Waals surface area contributed by atoms with Gasteiger partial charge in [-0.25, -0.2) is 4.68 Å². The number of morpholine rings is 1. The summed E-state index contributed by atoms with van der Waals surface area (Å²) in [5, 5.41) is 42.4. The number of carbonyl (C=O) groups is 7. The molecule has 3 fully saturated rings. The van der Waals surface area contributed by atoms with Gasteiger partial charge in [0.25, 0.3) is 16.0 Å². The first-order chi connectivity index (χ1) is 40.8. The molecule has 0 bridgehead atoms. The number of carbonyl (C=O) groups excluding carboxylic acids is 4. The first kappa shape index (κ1) is 65.0. The number of methoxy groups -OCH3 is 1. The monoisotopic (exact) mass is 1260 g/mol. The van der Waals surface area contributed by atoms with Gasteiger partial charge in [-0.15, -0.1) is 0 Å². The maximum absolute atomic E-state index is 14.5. The zero-order chi connectivity index (χ0) is 62.0. The van der Waals surface area contributed by atoms with Gasteiger partial charge in [0, 0.05) is 116 Å². The smallest absolute Gasteiger partial charge is 0.317 e. The Morgan fingerprint density at radius 2 is 1.35 bits per heavy atom. The molecule has 4 aliphatic rings. The Morgan fingerprint density at radius 1 is 0.767 bits per heavy atom. The normalized spacial score (nSPS) is 19.5. The lowest BCUT2D eigenvalue weighted by molar-refractivity contribution is -0.140. The number of aromatic nitrogens is 3. The molecule has 2 aromatic carbocycles. The summed E-state index contributed by atoms with van der Waals surface area (Å²) < 4.78 is 53.7. The minimum Gasteiger partial charge on any atom is -0.496 e. The molecule has 5 heterocycles. The molecule has 0 radical (unpaired) electrons. The van der Waals surface area contributed by atoms with Crippen LogP contribution < -0.4 is 25.4 Å². The number of hydrogen-bond donors (Lipinski definition) is 7. The highest BCUT2D eigenvalue weighted by Crippen LogP contribution is 2.47. The topological polar surface area (TPSA) is 345 Å². The largest absolute Gasteiger partial charge is 0.496 e. The highest BCUT2D eigenvalue weighted by molar-refractivity contribution is 7.85. The number of anilines is 1. The summed E-state index contributed by atoms with van der Waals surface area (Å²) in [5.41, 5.74) is 3.37. The van der Waals surface area contributed by atoms with Gasteiger partial charge < -0.3 is 50.4 Å². The van der Waals surface area contributed by atoms with Gasteiger partial charge in [0.1, 0.15) is 29.9 Å². The average Bonchev–Trinajstić information content (AvgIpc) is 1.68. The Hall–Kier alpha value is -7.02. The van der Waals surface area contributed by atoms with Crippen LogP contribution in [0.3, 0.4) is 0 Å². The van der Waals surface area contributed by atoms with Gasteiger partial charge >= 0.3 is 17.9 Å². The molecule has 2 saturated heterocycles. The summed E-state index contributed by atoms with van der Waals surface area (Å²) in [6.45, 7) is 4.48. The third kappa shape index (κ3) is 17.4. The van der Waals surface area contributed by atoms with Crippen LogP contribution in [-0.4, -0.2) is 238 Å². The third-order valence-corrected chi connectivity index (χ3v) is 16.8. The van der Waals surface area contributed by atoms with Gasteiger partial charge in [-0.2, -0.15) is 13.5 Å². The van der Waals surface area contributed by atoms with Crippen molar-refractivity contribution >= 4 is 80.5 Å². The number of nitrogens with zero attached hydrogens (tertiary/aromatic N) is 8. The molecule has 30 heteroatoms. The molecule has 2 aromatic heterocycles. The highest BCUT2D eigenvalue weighted by Gasteiger charge is 2.40. The molecule has 4 aromatic rings. The van der Waals surface area contributed by atoms with E-state index in [0.717, 1.165) is 0 Å². The molecule has 3 aliphatic heterocycles. The van der Waals surface area contributed by atoms with E-state index in [-0.39, 0.29) is 109 Å². The van der Waals surface area contributed by atoms with Crippen molar-refractivity contribution in [2.45, 2.75) is 57.7 Å². The molecule has 8 rings (SSSR count). The van der Waals surface area contributed by atoms with E-state index in [1.165, 1.54) is 13.3 Å². The van der Waals surface area contributed by atoms with Crippen molar-refractivity contribution in [2.75, 3.05) is 123 Å². The molecular formula is C56H71Cl2N11O16S. The maximum atomic E-state index is 14.5. The number of carboxylic acid groups (broad SMARTS) is 3. The number of carboxylic acids is 3. The summed E-state index contributed by atoms with van der Waals surface area (Å²) in [7, 11) is -3.29. The minimum absolute atomic E-state index is 0.0201. The van der Waals surface area contributed by atoms with Crippen LogP contribution in [0.2, 0.25) is 10.0 Å². The number of pyridine rings is 1. The van der Waals surface area contributed by atoms with Crippen LogP contribution in [0.5, 0.6) is 11.5 Å². The molecule has 0 spiro atoms. The molecule has 86 heavy (non-hydrogen) atoms. The first-order valence-electron chi connectivity index (χ1n) is 28.0. The second kappa shape index (κ2) is 28.7. The van der Waals surface area contributed by atoms with E-state index in [1.54, 1.807) is 65.7 Å². The van der Waals surface area contributed by atoms with Gasteiger partial charge in [-0.3, -0.25) is 62.7 Å². The Kier molecular flexibility index (Phi) is 21.7. The molecule has 0 unspecified atom stereocenters. The fourth-order valence-electron chi connectivity index (χ4n) is 11.2. The highest BCUT2D eigenvalue weighted by atomic mass is 35.5. The van der Waals surface area contributed by atoms with Crippen LogP contribution in [0.15, 0.2) is 48.8 Å². The second-order valence-electron chi connectivity index (χ2n) is 22.4. The Morgan fingerprint density at radius 3 is 1.90 bits per heavy atom. The molecule has 1 atom stereocenters. The summed E-state index contributed by atoms with van der Waals surface area (Å²) in [5.74, 6) is -6.40. The average molecular weight is 1260 g/mol. The second-order valence-corrected chi connectivity index (χ2v) is 24.8. The predicted molar refractivity (Wildman–Crippen MR) is 313 cm³/mol. The third-order valence-electron chi connectivity index (χ3n) is 15.6. The quantitative estimate of drug-likeness (QED) is 0.0626. The molecule has 1 aliphatic carbocycles. The number of amides is 4. The van der Waals surface area contributed by atoms with E-state index in [9.17, 15) is 61.9 Å². The summed E-state index contributed by atoms with van der Waals surface area (Å²) in [6.07, 6.45) is 5.03. The van der Waals surface area contributed by atoms with Crippen LogP contribution in [-0.2, 0) is 50.2 Å². The van der Waals surface area contributed by atoms with E-state index >= 15 is 0 Å². The number of nitrogens with one attached hydrogen (secondary N) is 3. The van der Waals surface area contributed by atoms with Gasteiger partial charge in [0.15, 0.2) is 5.69 Å². The number of hydrogen-bond acceptors (Lipinski definition) is 18. The van der Waals surface area contributed by atoms with Crippen LogP contribution in [0, 0.1) is 11.8 Å². The SMILES string of the molecule is COc1cc2c(cc1-c1cncc(NC(=O)C3CCC(CNC(=O)[C@@H](CS(=O)(=O)O)NC(=O)CN4CCN(CC(=O)O)CCN(CC(=O)O)CCN(CC(=O)O)CC4)CC3)c1)-c1c(c(C(=O)N3CCOCC3(C)C)nn1-c1cc(Cl)cc(Cl)c1)CO2. The van der Waals surface area contributed by atoms with Gasteiger partial charge in [0.05, 0.1) is 75.3 Å².